The predicted molar refractivity (Wildman–Crippen MR) is 95.2 cm³/mol. The molecule has 4 heteroatoms. The third-order valence-corrected chi connectivity index (χ3v) is 4.78. The van der Waals surface area contributed by atoms with Crippen molar-refractivity contribution in [3.63, 3.8) is 0 Å². The summed E-state index contributed by atoms with van der Waals surface area (Å²) in [4.78, 5) is 26.1. The molecule has 1 fully saturated rings. The Hall–Kier alpha value is -2.36. The first kappa shape index (κ1) is 16.5. The van der Waals surface area contributed by atoms with Crippen LogP contribution in [-0.2, 0) is 13.5 Å². The molecule has 4 nitrogen and oxygen atoms in total. The molecule has 0 aliphatic carbocycles. The van der Waals surface area contributed by atoms with Gasteiger partial charge in [-0.05, 0) is 43.7 Å². The number of nitrogens with zero attached hydrogens (tertiary/aromatic N) is 2. The smallest absolute Gasteiger partial charge is 0.255 e. The Kier molecular flexibility index (Phi) is 4.84. The molecule has 1 amide bonds. The van der Waals surface area contributed by atoms with Crippen molar-refractivity contribution in [1.82, 2.24) is 9.47 Å². The molecule has 0 bridgehead atoms. The molecule has 1 aromatic heterocycles. The monoisotopic (exact) mass is 324 g/mol. The van der Waals surface area contributed by atoms with Gasteiger partial charge in [0, 0.05) is 32.4 Å². The molecular formula is C20H24N2O2. The first-order chi connectivity index (χ1) is 11.5. The van der Waals surface area contributed by atoms with Crippen molar-refractivity contribution in [3.8, 4) is 0 Å². The number of likely N-dealkylation sites (tertiary alicyclic amines) is 1. The Morgan fingerprint density at radius 1 is 1.17 bits per heavy atom. The minimum absolute atomic E-state index is 0.0270. The van der Waals surface area contributed by atoms with Gasteiger partial charge in [-0.3, -0.25) is 9.59 Å². The van der Waals surface area contributed by atoms with Crippen molar-refractivity contribution >= 4 is 5.91 Å². The lowest BCUT2D eigenvalue weighted by Gasteiger charge is -2.33. The van der Waals surface area contributed by atoms with Gasteiger partial charge in [0.2, 0.25) is 5.56 Å². The fraction of sp³-hybridized carbons (Fsp3) is 0.400. The van der Waals surface area contributed by atoms with Gasteiger partial charge in [0.15, 0.2) is 0 Å². The summed E-state index contributed by atoms with van der Waals surface area (Å²) >= 11 is 0. The van der Waals surface area contributed by atoms with Crippen LogP contribution >= 0.6 is 0 Å². The van der Waals surface area contributed by atoms with E-state index in [4.69, 9.17) is 0 Å². The molecule has 2 heterocycles. The number of rotatable bonds is 3. The molecule has 0 unspecified atom stereocenters. The standard InChI is InChI=1S/C20H24N2O2/c1-15-5-7-16(8-6-15)12-17-4-3-11-22(13-17)20(24)18-9-10-19(23)21(2)14-18/h5-10,14,17H,3-4,11-13H2,1-2H3/t17-/m0/s1. The van der Waals surface area contributed by atoms with Crippen molar-refractivity contribution in [2.24, 2.45) is 13.0 Å². The van der Waals surface area contributed by atoms with E-state index in [0.29, 0.717) is 11.5 Å². The van der Waals surface area contributed by atoms with Crippen LogP contribution in [0.1, 0.15) is 34.3 Å². The second-order valence-electron chi connectivity index (χ2n) is 6.82. The zero-order chi connectivity index (χ0) is 17.1. The van der Waals surface area contributed by atoms with Crippen LogP contribution in [0.3, 0.4) is 0 Å². The summed E-state index contributed by atoms with van der Waals surface area (Å²) in [7, 11) is 1.68. The van der Waals surface area contributed by atoms with Gasteiger partial charge < -0.3 is 9.47 Å². The van der Waals surface area contributed by atoms with Gasteiger partial charge in [-0.2, -0.15) is 0 Å². The summed E-state index contributed by atoms with van der Waals surface area (Å²) in [6, 6.07) is 11.7. The Morgan fingerprint density at radius 3 is 2.62 bits per heavy atom. The van der Waals surface area contributed by atoms with Crippen LogP contribution in [0.4, 0.5) is 0 Å². The molecule has 0 spiro atoms. The van der Waals surface area contributed by atoms with E-state index in [9.17, 15) is 9.59 Å². The average molecular weight is 324 g/mol. The molecule has 1 aliphatic heterocycles. The summed E-state index contributed by atoms with van der Waals surface area (Å²) in [5.41, 5.74) is 3.10. The van der Waals surface area contributed by atoms with Crippen molar-refractivity contribution in [2.45, 2.75) is 26.2 Å². The van der Waals surface area contributed by atoms with E-state index in [2.05, 4.69) is 31.2 Å². The largest absolute Gasteiger partial charge is 0.338 e. The molecule has 1 atom stereocenters. The number of piperidine rings is 1. The fourth-order valence-electron chi connectivity index (χ4n) is 3.38. The SMILES string of the molecule is Cc1ccc(C[C@@H]2CCCN(C(=O)c3ccc(=O)n(C)c3)C2)cc1. The summed E-state index contributed by atoms with van der Waals surface area (Å²) in [5.74, 6) is 0.525. The second-order valence-corrected chi connectivity index (χ2v) is 6.82. The van der Waals surface area contributed by atoms with Crippen LogP contribution in [0, 0.1) is 12.8 Å². The lowest BCUT2D eigenvalue weighted by molar-refractivity contribution is 0.0672. The zero-order valence-electron chi connectivity index (χ0n) is 14.4. The molecule has 0 radical (unpaired) electrons. The number of benzene rings is 1. The predicted octanol–water partition coefficient (Wildman–Crippen LogP) is 2.79. The third-order valence-electron chi connectivity index (χ3n) is 4.78. The third kappa shape index (κ3) is 3.75. The van der Waals surface area contributed by atoms with E-state index in [-0.39, 0.29) is 11.5 Å². The van der Waals surface area contributed by atoms with Gasteiger partial charge in [-0.1, -0.05) is 29.8 Å². The summed E-state index contributed by atoms with van der Waals surface area (Å²) < 4.78 is 1.46. The highest BCUT2D eigenvalue weighted by Crippen LogP contribution is 2.22. The number of hydrogen-bond donors (Lipinski definition) is 0. The molecule has 3 rings (SSSR count). The van der Waals surface area contributed by atoms with E-state index < -0.39 is 0 Å². The number of carbonyl (C=O) groups excluding carboxylic acids is 1. The Labute approximate surface area is 142 Å². The van der Waals surface area contributed by atoms with Gasteiger partial charge in [0.25, 0.3) is 5.91 Å². The zero-order valence-corrected chi connectivity index (χ0v) is 14.4. The second kappa shape index (κ2) is 7.04. The lowest BCUT2D eigenvalue weighted by atomic mass is 9.91. The lowest BCUT2D eigenvalue weighted by Crippen LogP contribution is -2.40. The minimum Gasteiger partial charge on any atom is -0.338 e. The maximum absolute atomic E-state index is 12.7. The highest BCUT2D eigenvalue weighted by Gasteiger charge is 2.24. The van der Waals surface area contributed by atoms with Crippen molar-refractivity contribution in [2.75, 3.05) is 13.1 Å². The molecule has 24 heavy (non-hydrogen) atoms. The Morgan fingerprint density at radius 2 is 1.92 bits per heavy atom. The molecular weight excluding hydrogens is 300 g/mol. The van der Waals surface area contributed by atoms with E-state index in [1.165, 1.54) is 21.8 Å². The van der Waals surface area contributed by atoms with Gasteiger partial charge in [-0.15, -0.1) is 0 Å². The van der Waals surface area contributed by atoms with E-state index in [0.717, 1.165) is 32.4 Å². The van der Waals surface area contributed by atoms with Gasteiger partial charge in [0.1, 0.15) is 0 Å². The van der Waals surface area contributed by atoms with Gasteiger partial charge in [-0.25, -0.2) is 0 Å². The fourth-order valence-corrected chi connectivity index (χ4v) is 3.38. The maximum Gasteiger partial charge on any atom is 0.255 e. The Balaban J connectivity index is 1.68. The number of hydrogen-bond acceptors (Lipinski definition) is 2. The van der Waals surface area contributed by atoms with Gasteiger partial charge >= 0.3 is 0 Å². The summed E-state index contributed by atoms with van der Waals surface area (Å²) in [6.07, 6.45) is 4.84. The Bertz CT molecular complexity index is 777. The highest BCUT2D eigenvalue weighted by atomic mass is 16.2. The van der Waals surface area contributed by atoms with E-state index >= 15 is 0 Å². The summed E-state index contributed by atoms with van der Waals surface area (Å²) in [5, 5.41) is 0. The van der Waals surface area contributed by atoms with E-state index in [1.54, 1.807) is 19.3 Å². The van der Waals surface area contributed by atoms with Crippen LogP contribution in [0.2, 0.25) is 0 Å². The van der Waals surface area contributed by atoms with Crippen LogP contribution in [-0.4, -0.2) is 28.5 Å². The normalized spacial score (nSPS) is 17.8. The minimum atomic E-state index is -0.0950. The van der Waals surface area contributed by atoms with E-state index in [1.807, 2.05) is 4.90 Å². The first-order valence-electron chi connectivity index (χ1n) is 8.54. The number of aryl methyl sites for hydroxylation is 2. The van der Waals surface area contributed by atoms with Gasteiger partial charge in [0.05, 0.1) is 5.56 Å². The van der Waals surface area contributed by atoms with Crippen LogP contribution in [0.25, 0.3) is 0 Å². The molecule has 1 aliphatic rings. The molecule has 126 valence electrons. The highest BCUT2D eigenvalue weighted by molar-refractivity contribution is 5.94. The number of amides is 1. The van der Waals surface area contributed by atoms with Crippen LogP contribution in [0.15, 0.2) is 47.4 Å². The van der Waals surface area contributed by atoms with Crippen molar-refractivity contribution in [1.29, 1.82) is 0 Å². The quantitative estimate of drug-likeness (QED) is 0.871. The number of aromatic nitrogens is 1. The number of pyridine rings is 1. The van der Waals surface area contributed by atoms with Crippen LogP contribution in [0.5, 0.6) is 0 Å². The topological polar surface area (TPSA) is 42.3 Å². The average Bonchev–Trinajstić information content (AvgIpc) is 2.59. The summed E-state index contributed by atoms with van der Waals surface area (Å²) in [6.45, 7) is 3.68. The molecule has 1 saturated heterocycles. The molecule has 0 N–H and O–H groups in total. The van der Waals surface area contributed by atoms with Crippen LogP contribution < -0.4 is 5.56 Å². The molecule has 2 aromatic rings. The van der Waals surface area contributed by atoms with Crippen molar-refractivity contribution in [3.05, 3.63) is 69.6 Å². The van der Waals surface area contributed by atoms with Crippen molar-refractivity contribution < 1.29 is 4.79 Å². The molecule has 1 aromatic carbocycles. The first-order valence-corrected chi connectivity index (χ1v) is 8.54. The molecule has 0 saturated carbocycles. The number of carbonyl (C=O) groups is 1. The maximum atomic E-state index is 12.7.